The summed E-state index contributed by atoms with van der Waals surface area (Å²) in [6.07, 6.45) is 3.72. The van der Waals surface area contributed by atoms with Gasteiger partial charge < -0.3 is 15.8 Å². The quantitative estimate of drug-likeness (QED) is 0.356. The van der Waals surface area contributed by atoms with Crippen LogP contribution < -0.4 is 10.6 Å². The normalized spacial score (nSPS) is 15.6. The standard InChI is InChI=1S/C14H22N4O/c1-3-6-18(9-11-4-5-11)13-8-12(14(15)17-19)7-10(2)16-13/h7-8,11,19H,3-6,9H2,1-2H3,(H2,15,17). The van der Waals surface area contributed by atoms with Gasteiger partial charge in [0.2, 0.25) is 0 Å². The first-order valence-electron chi connectivity index (χ1n) is 6.85. The van der Waals surface area contributed by atoms with E-state index in [0.29, 0.717) is 0 Å². The number of anilines is 1. The molecule has 5 heteroatoms. The summed E-state index contributed by atoms with van der Waals surface area (Å²) in [7, 11) is 0. The Morgan fingerprint density at radius 2 is 2.26 bits per heavy atom. The van der Waals surface area contributed by atoms with E-state index in [0.717, 1.165) is 42.5 Å². The van der Waals surface area contributed by atoms with Gasteiger partial charge in [0.15, 0.2) is 5.84 Å². The Hall–Kier alpha value is -1.78. The molecule has 1 aliphatic carbocycles. The second-order valence-electron chi connectivity index (χ2n) is 5.23. The van der Waals surface area contributed by atoms with E-state index in [1.165, 1.54) is 12.8 Å². The maximum Gasteiger partial charge on any atom is 0.170 e. The number of oxime groups is 1. The second-order valence-corrected chi connectivity index (χ2v) is 5.23. The molecule has 0 radical (unpaired) electrons. The zero-order valence-corrected chi connectivity index (χ0v) is 11.6. The molecule has 1 saturated carbocycles. The number of pyridine rings is 1. The van der Waals surface area contributed by atoms with Gasteiger partial charge in [-0.3, -0.25) is 0 Å². The van der Waals surface area contributed by atoms with Crippen LogP contribution in [0.15, 0.2) is 17.3 Å². The largest absolute Gasteiger partial charge is 0.409 e. The molecule has 2 rings (SSSR count). The fourth-order valence-electron chi connectivity index (χ4n) is 2.20. The summed E-state index contributed by atoms with van der Waals surface area (Å²) in [6.45, 7) is 6.14. The lowest BCUT2D eigenvalue weighted by atomic mass is 10.2. The van der Waals surface area contributed by atoms with Gasteiger partial charge in [-0.1, -0.05) is 12.1 Å². The number of aromatic nitrogens is 1. The highest BCUT2D eigenvalue weighted by molar-refractivity contribution is 5.97. The molecule has 0 spiro atoms. The summed E-state index contributed by atoms with van der Waals surface area (Å²) in [5.74, 6) is 1.87. The van der Waals surface area contributed by atoms with E-state index >= 15 is 0 Å². The van der Waals surface area contributed by atoms with Gasteiger partial charge in [-0.05, 0) is 44.2 Å². The van der Waals surface area contributed by atoms with Crippen molar-refractivity contribution in [1.29, 1.82) is 0 Å². The summed E-state index contributed by atoms with van der Waals surface area (Å²) >= 11 is 0. The average Bonchev–Trinajstić information content (AvgIpc) is 3.20. The lowest BCUT2D eigenvalue weighted by Crippen LogP contribution is -2.28. The Bertz CT molecular complexity index is 469. The van der Waals surface area contributed by atoms with Gasteiger partial charge >= 0.3 is 0 Å². The van der Waals surface area contributed by atoms with E-state index in [2.05, 4.69) is 22.0 Å². The van der Waals surface area contributed by atoms with Crippen molar-refractivity contribution >= 4 is 11.7 Å². The SMILES string of the molecule is CCCN(CC1CC1)c1cc(/C(N)=N/O)cc(C)n1. The summed E-state index contributed by atoms with van der Waals surface area (Å²) in [5, 5.41) is 11.9. The Kier molecular flexibility index (Phi) is 4.24. The topological polar surface area (TPSA) is 74.7 Å². The molecule has 0 saturated heterocycles. The minimum Gasteiger partial charge on any atom is -0.409 e. The number of hydrogen-bond donors (Lipinski definition) is 2. The summed E-state index contributed by atoms with van der Waals surface area (Å²) in [4.78, 5) is 6.89. The number of aryl methyl sites for hydroxylation is 1. The van der Waals surface area contributed by atoms with E-state index in [9.17, 15) is 0 Å². The molecule has 19 heavy (non-hydrogen) atoms. The van der Waals surface area contributed by atoms with Gasteiger partial charge in [0.1, 0.15) is 5.82 Å². The molecule has 5 nitrogen and oxygen atoms in total. The van der Waals surface area contributed by atoms with Crippen LogP contribution in [0.3, 0.4) is 0 Å². The van der Waals surface area contributed by atoms with Crippen LogP contribution >= 0.6 is 0 Å². The molecule has 0 amide bonds. The molecular formula is C14H22N4O. The molecule has 0 atom stereocenters. The molecule has 0 bridgehead atoms. The number of amidine groups is 1. The molecule has 1 heterocycles. The van der Waals surface area contributed by atoms with Gasteiger partial charge in [0, 0.05) is 24.3 Å². The van der Waals surface area contributed by atoms with Crippen LogP contribution in [0.2, 0.25) is 0 Å². The third-order valence-electron chi connectivity index (χ3n) is 3.34. The number of nitrogens with two attached hydrogens (primary N) is 1. The predicted molar refractivity (Wildman–Crippen MR) is 76.7 cm³/mol. The Labute approximate surface area is 114 Å². The monoisotopic (exact) mass is 262 g/mol. The minimum atomic E-state index is 0.134. The average molecular weight is 262 g/mol. The highest BCUT2D eigenvalue weighted by Gasteiger charge is 2.25. The van der Waals surface area contributed by atoms with Gasteiger partial charge in [-0.15, -0.1) is 0 Å². The smallest absolute Gasteiger partial charge is 0.170 e. The molecule has 1 aromatic heterocycles. The maximum atomic E-state index is 8.80. The van der Waals surface area contributed by atoms with Gasteiger partial charge in [-0.25, -0.2) is 4.98 Å². The summed E-state index contributed by atoms with van der Waals surface area (Å²) in [6, 6.07) is 3.74. The number of rotatable bonds is 6. The summed E-state index contributed by atoms with van der Waals surface area (Å²) in [5.41, 5.74) is 7.28. The molecule has 0 unspecified atom stereocenters. The molecule has 104 valence electrons. The van der Waals surface area contributed by atoms with Crippen molar-refractivity contribution in [2.24, 2.45) is 16.8 Å². The van der Waals surface area contributed by atoms with E-state index in [-0.39, 0.29) is 5.84 Å². The van der Waals surface area contributed by atoms with Crippen LogP contribution in [-0.4, -0.2) is 29.1 Å². The van der Waals surface area contributed by atoms with Crippen LogP contribution in [-0.2, 0) is 0 Å². The molecule has 3 N–H and O–H groups in total. The maximum absolute atomic E-state index is 8.80. The first kappa shape index (κ1) is 13.6. The van der Waals surface area contributed by atoms with Gasteiger partial charge in [0.25, 0.3) is 0 Å². The highest BCUT2D eigenvalue weighted by Crippen LogP contribution is 2.31. The molecular weight excluding hydrogens is 240 g/mol. The zero-order chi connectivity index (χ0) is 13.8. The third kappa shape index (κ3) is 3.59. The molecule has 1 fully saturated rings. The van der Waals surface area contributed by atoms with Crippen molar-refractivity contribution in [1.82, 2.24) is 4.98 Å². The first-order valence-corrected chi connectivity index (χ1v) is 6.85. The third-order valence-corrected chi connectivity index (χ3v) is 3.34. The van der Waals surface area contributed by atoms with E-state index in [4.69, 9.17) is 10.9 Å². The van der Waals surface area contributed by atoms with Gasteiger partial charge in [-0.2, -0.15) is 0 Å². The van der Waals surface area contributed by atoms with Crippen molar-refractivity contribution in [2.75, 3.05) is 18.0 Å². The van der Waals surface area contributed by atoms with Crippen molar-refractivity contribution in [2.45, 2.75) is 33.1 Å². The fraction of sp³-hybridized carbons (Fsp3) is 0.571. The zero-order valence-electron chi connectivity index (χ0n) is 11.6. The van der Waals surface area contributed by atoms with Gasteiger partial charge in [0.05, 0.1) is 0 Å². The second kappa shape index (κ2) is 5.91. The van der Waals surface area contributed by atoms with Crippen LogP contribution in [0.4, 0.5) is 5.82 Å². The van der Waals surface area contributed by atoms with Crippen LogP contribution in [0, 0.1) is 12.8 Å². The highest BCUT2D eigenvalue weighted by atomic mass is 16.4. The first-order chi connectivity index (χ1) is 9.13. The molecule has 1 aliphatic rings. The Morgan fingerprint density at radius 1 is 1.53 bits per heavy atom. The van der Waals surface area contributed by atoms with Crippen molar-refractivity contribution in [3.8, 4) is 0 Å². The Balaban J connectivity index is 2.26. The Morgan fingerprint density at radius 3 is 2.84 bits per heavy atom. The van der Waals surface area contributed by atoms with Crippen LogP contribution in [0.5, 0.6) is 0 Å². The lowest BCUT2D eigenvalue weighted by Gasteiger charge is -2.24. The number of hydrogen-bond acceptors (Lipinski definition) is 4. The van der Waals surface area contributed by atoms with Crippen molar-refractivity contribution in [3.05, 3.63) is 23.4 Å². The molecule has 0 aromatic carbocycles. The fourth-order valence-corrected chi connectivity index (χ4v) is 2.20. The van der Waals surface area contributed by atoms with E-state index in [1.807, 2.05) is 19.1 Å². The minimum absolute atomic E-state index is 0.134. The predicted octanol–water partition coefficient (Wildman–Crippen LogP) is 2.11. The van der Waals surface area contributed by atoms with Crippen LogP contribution in [0.1, 0.15) is 37.4 Å². The molecule has 0 aliphatic heterocycles. The van der Waals surface area contributed by atoms with Crippen LogP contribution in [0.25, 0.3) is 0 Å². The van der Waals surface area contributed by atoms with E-state index < -0.39 is 0 Å². The van der Waals surface area contributed by atoms with Crippen molar-refractivity contribution in [3.63, 3.8) is 0 Å². The van der Waals surface area contributed by atoms with E-state index in [1.54, 1.807) is 0 Å². The number of nitrogens with zero attached hydrogens (tertiary/aromatic N) is 3. The molecule has 1 aromatic rings. The summed E-state index contributed by atoms with van der Waals surface area (Å²) < 4.78 is 0. The van der Waals surface area contributed by atoms with Crippen molar-refractivity contribution < 1.29 is 5.21 Å². The lowest BCUT2D eigenvalue weighted by molar-refractivity contribution is 0.318.